The minimum Gasteiger partial charge on any atom is -0.342 e. The average Bonchev–Trinajstić information content (AvgIpc) is 1.80. The largest absolute Gasteiger partial charge is 0.342 e. The number of halogens is 1. The Morgan fingerprint density at radius 1 is 1.67 bits per heavy atom. The van der Waals surface area contributed by atoms with Gasteiger partial charge in [0.05, 0.1) is 6.54 Å². The molecule has 0 saturated heterocycles. The first-order valence-corrected chi connectivity index (χ1v) is 4.21. The molecule has 0 aromatic carbocycles. The summed E-state index contributed by atoms with van der Waals surface area (Å²) in [5, 5.41) is 2.26. The summed E-state index contributed by atoms with van der Waals surface area (Å²) >= 11 is 3.30. The highest BCUT2D eigenvalue weighted by Crippen LogP contribution is 1.93. The number of unbranched alkanes of at least 4 members (excludes halogenated alkanes) is 1. The number of hydrogen-bond acceptors (Lipinski definition) is 0. The smallest absolute Gasteiger partial charge is 0.107 e. The Balaban J connectivity index is 2.83. The molecule has 0 spiro atoms. The zero-order valence-electron chi connectivity index (χ0n) is 5.99. The van der Waals surface area contributed by atoms with Crippen molar-refractivity contribution < 1.29 is 5.32 Å². The molecule has 0 fully saturated rings. The normalized spacial score (nSPS) is 9.56. The molecule has 0 aliphatic heterocycles. The summed E-state index contributed by atoms with van der Waals surface area (Å²) < 4.78 is 1.08. The van der Waals surface area contributed by atoms with Gasteiger partial charge in [0.15, 0.2) is 0 Å². The number of rotatable bonds is 5. The van der Waals surface area contributed by atoms with E-state index >= 15 is 0 Å². The van der Waals surface area contributed by atoms with Gasteiger partial charge in [0.2, 0.25) is 0 Å². The predicted molar refractivity (Wildman–Crippen MR) is 44.6 cm³/mol. The third-order valence-electron chi connectivity index (χ3n) is 1.13. The molecule has 0 aliphatic rings. The van der Waals surface area contributed by atoms with Crippen LogP contribution in [-0.4, -0.2) is 13.1 Å². The minimum atomic E-state index is 1.01. The Morgan fingerprint density at radius 3 is 2.78 bits per heavy atom. The summed E-state index contributed by atoms with van der Waals surface area (Å²) in [4.78, 5) is 0. The maximum absolute atomic E-state index is 3.74. The molecule has 0 rings (SSSR count). The van der Waals surface area contributed by atoms with Gasteiger partial charge in [-0.05, 0) is 6.42 Å². The van der Waals surface area contributed by atoms with E-state index < -0.39 is 0 Å². The maximum Gasteiger partial charge on any atom is 0.107 e. The lowest BCUT2D eigenvalue weighted by atomic mass is 10.3. The highest BCUT2D eigenvalue weighted by Gasteiger charge is 1.89. The summed E-state index contributed by atoms with van der Waals surface area (Å²) in [6.45, 7) is 8.18. The summed E-state index contributed by atoms with van der Waals surface area (Å²) in [6, 6.07) is 0. The van der Waals surface area contributed by atoms with Gasteiger partial charge in [0.25, 0.3) is 0 Å². The summed E-state index contributed by atoms with van der Waals surface area (Å²) in [5.74, 6) is 0. The second kappa shape index (κ2) is 6.30. The van der Waals surface area contributed by atoms with E-state index in [2.05, 4.69) is 34.7 Å². The van der Waals surface area contributed by atoms with E-state index in [-0.39, 0.29) is 0 Å². The van der Waals surface area contributed by atoms with Gasteiger partial charge in [-0.15, -0.1) is 0 Å². The lowest BCUT2D eigenvalue weighted by Crippen LogP contribution is -2.84. The zero-order valence-corrected chi connectivity index (χ0v) is 7.58. The van der Waals surface area contributed by atoms with Crippen LogP contribution in [0.25, 0.3) is 0 Å². The van der Waals surface area contributed by atoms with Gasteiger partial charge in [0.1, 0.15) is 6.54 Å². The van der Waals surface area contributed by atoms with Crippen LogP contribution in [0.1, 0.15) is 19.8 Å². The van der Waals surface area contributed by atoms with E-state index in [9.17, 15) is 0 Å². The topological polar surface area (TPSA) is 16.6 Å². The SMILES string of the molecule is C=C(Br)C[NH2+]CCCC. The molecule has 1 nitrogen and oxygen atoms in total. The van der Waals surface area contributed by atoms with E-state index in [1.807, 2.05) is 0 Å². The molecule has 0 aromatic heterocycles. The van der Waals surface area contributed by atoms with Crippen molar-refractivity contribution in [2.75, 3.05) is 13.1 Å². The van der Waals surface area contributed by atoms with Crippen molar-refractivity contribution in [1.29, 1.82) is 0 Å². The van der Waals surface area contributed by atoms with Crippen LogP contribution in [0.2, 0.25) is 0 Å². The lowest BCUT2D eigenvalue weighted by Gasteiger charge is -1.96. The number of quaternary nitrogens is 1. The van der Waals surface area contributed by atoms with Gasteiger partial charge >= 0.3 is 0 Å². The van der Waals surface area contributed by atoms with E-state index in [1.165, 1.54) is 19.4 Å². The molecule has 0 heterocycles. The first kappa shape index (κ1) is 9.18. The molecule has 0 amide bonds. The predicted octanol–water partition coefficient (Wildman–Crippen LogP) is 1.26. The van der Waals surface area contributed by atoms with E-state index in [0.717, 1.165) is 11.0 Å². The van der Waals surface area contributed by atoms with E-state index in [4.69, 9.17) is 0 Å². The van der Waals surface area contributed by atoms with Crippen molar-refractivity contribution in [2.45, 2.75) is 19.8 Å². The van der Waals surface area contributed by atoms with Crippen molar-refractivity contribution in [3.8, 4) is 0 Å². The van der Waals surface area contributed by atoms with Crippen LogP contribution in [0, 0.1) is 0 Å². The molecule has 9 heavy (non-hydrogen) atoms. The fraction of sp³-hybridized carbons (Fsp3) is 0.714. The quantitative estimate of drug-likeness (QED) is 0.633. The number of hydrogen-bond donors (Lipinski definition) is 1. The van der Waals surface area contributed by atoms with Crippen molar-refractivity contribution in [3.63, 3.8) is 0 Å². The van der Waals surface area contributed by atoms with Crippen molar-refractivity contribution in [2.24, 2.45) is 0 Å². The maximum atomic E-state index is 3.74. The minimum absolute atomic E-state index is 1.01. The Labute approximate surface area is 65.7 Å². The molecule has 2 heteroatoms. The van der Waals surface area contributed by atoms with Gasteiger partial charge < -0.3 is 5.32 Å². The highest BCUT2D eigenvalue weighted by molar-refractivity contribution is 9.11. The first-order chi connectivity index (χ1) is 4.27. The molecular weight excluding hydrogens is 178 g/mol. The molecule has 0 atom stereocenters. The molecule has 0 saturated carbocycles. The van der Waals surface area contributed by atoms with Crippen LogP contribution >= 0.6 is 15.9 Å². The zero-order chi connectivity index (χ0) is 7.11. The Morgan fingerprint density at radius 2 is 2.33 bits per heavy atom. The summed E-state index contributed by atoms with van der Waals surface area (Å²) in [6.07, 6.45) is 2.59. The van der Waals surface area contributed by atoms with Crippen LogP contribution in [0.5, 0.6) is 0 Å². The Hall–Kier alpha value is 0.180. The van der Waals surface area contributed by atoms with Gasteiger partial charge in [-0.3, -0.25) is 0 Å². The van der Waals surface area contributed by atoms with Gasteiger partial charge in [-0.1, -0.05) is 35.9 Å². The molecule has 2 N–H and O–H groups in total. The summed E-state index contributed by atoms with van der Waals surface area (Å²) in [7, 11) is 0. The molecular formula is C7H15BrN+. The van der Waals surface area contributed by atoms with E-state index in [1.54, 1.807) is 0 Å². The second-order valence-corrected chi connectivity index (χ2v) is 3.27. The molecule has 0 aromatic rings. The van der Waals surface area contributed by atoms with Crippen LogP contribution in [0.15, 0.2) is 11.1 Å². The van der Waals surface area contributed by atoms with Crippen molar-refractivity contribution in [3.05, 3.63) is 11.1 Å². The molecule has 54 valence electrons. The van der Waals surface area contributed by atoms with Gasteiger partial charge in [0, 0.05) is 4.48 Å². The second-order valence-electron chi connectivity index (χ2n) is 2.15. The van der Waals surface area contributed by atoms with Gasteiger partial charge in [-0.25, -0.2) is 0 Å². The molecule has 0 radical (unpaired) electrons. The lowest BCUT2D eigenvalue weighted by molar-refractivity contribution is -0.646. The summed E-state index contributed by atoms with van der Waals surface area (Å²) in [5.41, 5.74) is 0. The Kier molecular flexibility index (Phi) is 6.43. The monoisotopic (exact) mass is 192 g/mol. The fourth-order valence-corrected chi connectivity index (χ4v) is 0.836. The fourth-order valence-electron chi connectivity index (χ4n) is 0.607. The Bertz CT molecular complexity index is 81.0. The average molecular weight is 193 g/mol. The third-order valence-corrected chi connectivity index (χ3v) is 1.45. The van der Waals surface area contributed by atoms with E-state index in [0.29, 0.717) is 0 Å². The van der Waals surface area contributed by atoms with Gasteiger partial charge in [-0.2, -0.15) is 0 Å². The van der Waals surface area contributed by atoms with Crippen LogP contribution < -0.4 is 5.32 Å². The van der Waals surface area contributed by atoms with Crippen LogP contribution in [0.4, 0.5) is 0 Å². The molecule has 0 aliphatic carbocycles. The first-order valence-electron chi connectivity index (χ1n) is 3.42. The van der Waals surface area contributed by atoms with Crippen LogP contribution in [0.3, 0.4) is 0 Å². The third kappa shape index (κ3) is 8.18. The number of nitrogens with two attached hydrogens (primary N) is 1. The van der Waals surface area contributed by atoms with Crippen molar-refractivity contribution in [1.82, 2.24) is 0 Å². The van der Waals surface area contributed by atoms with Crippen LogP contribution in [-0.2, 0) is 0 Å². The molecule has 0 unspecified atom stereocenters. The highest BCUT2D eigenvalue weighted by atomic mass is 79.9. The standard InChI is InChI=1S/C7H14BrN/c1-3-4-5-9-6-7(2)8/h9H,2-6H2,1H3/p+1. The molecule has 0 bridgehead atoms. The van der Waals surface area contributed by atoms with Crippen molar-refractivity contribution >= 4 is 15.9 Å².